The standard InChI is InChI=1S/C21H26N2O3/c1-16(18-6-9-20(25-2)21(14-18)26-3)22-10-12-23(13-11-22)19-7-4-17(15-24)5-8-19/h4-9,14-16H,10-13H2,1-3H3. The minimum absolute atomic E-state index is 0.314. The molecule has 0 N–H and O–H groups in total. The van der Waals surface area contributed by atoms with Crippen molar-refractivity contribution >= 4 is 12.0 Å². The number of ether oxygens (including phenoxy) is 2. The molecular formula is C21H26N2O3. The van der Waals surface area contributed by atoms with Crippen molar-refractivity contribution in [3.63, 3.8) is 0 Å². The van der Waals surface area contributed by atoms with Crippen LogP contribution in [0.15, 0.2) is 42.5 Å². The van der Waals surface area contributed by atoms with Crippen molar-refractivity contribution in [2.45, 2.75) is 13.0 Å². The number of aldehydes is 1. The van der Waals surface area contributed by atoms with E-state index in [1.807, 2.05) is 30.3 Å². The Hall–Kier alpha value is -2.53. The smallest absolute Gasteiger partial charge is 0.161 e. The van der Waals surface area contributed by atoms with Crippen molar-refractivity contribution in [3.05, 3.63) is 53.6 Å². The molecule has 5 nitrogen and oxygen atoms in total. The highest BCUT2D eigenvalue weighted by atomic mass is 16.5. The number of benzene rings is 2. The van der Waals surface area contributed by atoms with Gasteiger partial charge in [0.2, 0.25) is 0 Å². The third kappa shape index (κ3) is 3.83. The fourth-order valence-electron chi connectivity index (χ4n) is 3.45. The van der Waals surface area contributed by atoms with Crippen LogP contribution in [0.3, 0.4) is 0 Å². The van der Waals surface area contributed by atoms with Crippen LogP contribution in [0.5, 0.6) is 11.5 Å². The lowest BCUT2D eigenvalue weighted by atomic mass is 10.0. The van der Waals surface area contributed by atoms with Crippen LogP contribution in [0.1, 0.15) is 28.9 Å². The zero-order chi connectivity index (χ0) is 18.5. The molecule has 0 bridgehead atoms. The Morgan fingerprint density at radius 3 is 2.15 bits per heavy atom. The molecule has 0 amide bonds. The zero-order valence-electron chi connectivity index (χ0n) is 15.6. The molecule has 1 aliphatic rings. The van der Waals surface area contributed by atoms with Crippen molar-refractivity contribution in [1.82, 2.24) is 4.90 Å². The molecule has 0 aliphatic carbocycles. The SMILES string of the molecule is COc1ccc(C(C)N2CCN(c3ccc(C=O)cc3)CC2)cc1OC. The van der Waals surface area contributed by atoms with E-state index < -0.39 is 0 Å². The van der Waals surface area contributed by atoms with Crippen LogP contribution in [-0.4, -0.2) is 51.6 Å². The van der Waals surface area contributed by atoms with Gasteiger partial charge in [0.05, 0.1) is 14.2 Å². The van der Waals surface area contributed by atoms with E-state index in [1.165, 1.54) is 11.3 Å². The fourth-order valence-corrected chi connectivity index (χ4v) is 3.45. The first-order valence-electron chi connectivity index (χ1n) is 8.92. The molecule has 1 heterocycles. The minimum atomic E-state index is 0.314. The second-order valence-corrected chi connectivity index (χ2v) is 6.52. The van der Waals surface area contributed by atoms with Gasteiger partial charge in [0, 0.05) is 43.5 Å². The lowest BCUT2D eigenvalue weighted by Gasteiger charge is -2.39. The third-order valence-electron chi connectivity index (χ3n) is 5.15. The maximum Gasteiger partial charge on any atom is 0.161 e. The molecule has 0 spiro atoms. The van der Waals surface area contributed by atoms with Crippen molar-refractivity contribution in [3.8, 4) is 11.5 Å². The van der Waals surface area contributed by atoms with Crippen LogP contribution in [0.2, 0.25) is 0 Å². The number of hydrogen-bond donors (Lipinski definition) is 0. The van der Waals surface area contributed by atoms with E-state index in [0.29, 0.717) is 6.04 Å². The summed E-state index contributed by atoms with van der Waals surface area (Å²) >= 11 is 0. The highest BCUT2D eigenvalue weighted by molar-refractivity contribution is 5.75. The molecule has 2 aromatic carbocycles. The van der Waals surface area contributed by atoms with Gasteiger partial charge < -0.3 is 14.4 Å². The normalized spacial score (nSPS) is 16.2. The monoisotopic (exact) mass is 354 g/mol. The molecule has 1 aliphatic heterocycles. The van der Waals surface area contributed by atoms with E-state index in [4.69, 9.17) is 9.47 Å². The molecule has 3 rings (SSSR count). The lowest BCUT2D eigenvalue weighted by Crippen LogP contribution is -2.47. The molecule has 1 saturated heterocycles. The van der Waals surface area contributed by atoms with Gasteiger partial charge in [-0.15, -0.1) is 0 Å². The van der Waals surface area contributed by atoms with Crippen LogP contribution in [0.4, 0.5) is 5.69 Å². The maximum atomic E-state index is 10.8. The van der Waals surface area contributed by atoms with Crippen molar-refractivity contribution < 1.29 is 14.3 Å². The molecule has 2 aromatic rings. The highest BCUT2D eigenvalue weighted by Gasteiger charge is 2.23. The van der Waals surface area contributed by atoms with Crippen LogP contribution >= 0.6 is 0 Å². The average Bonchev–Trinajstić information content (AvgIpc) is 2.73. The van der Waals surface area contributed by atoms with Crippen molar-refractivity contribution in [1.29, 1.82) is 0 Å². The molecule has 0 saturated carbocycles. The van der Waals surface area contributed by atoms with E-state index in [0.717, 1.165) is 49.5 Å². The number of anilines is 1. The van der Waals surface area contributed by atoms with Gasteiger partial charge >= 0.3 is 0 Å². The van der Waals surface area contributed by atoms with Gasteiger partial charge in [-0.1, -0.05) is 6.07 Å². The number of carbonyl (C=O) groups excluding carboxylic acids is 1. The molecule has 26 heavy (non-hydrogen) atoms. The van der Waals surface area contributed by atoms with E-state index in [1.54, 1.807) is 14.2 Å². The van der Waals surface area contributed by atoms with Gasteiger partial charge in [0.1, 0.15) is 6.29 Å². The number of hydrogen-bond acceptors (Lipinski definition) is 5. The number of rotatable bonds is 6. The third-order valence-corrected chi connectivity index (χ3v) is 5.15. The fraction of sp³-hybridized carbons (Fsp3) is 0.381. The van der Waals surface area contributed by atoms with Gasteiger partial charge in [-0.3, -0.25) is 9.69 Å². The Morgan fingerprint density at radius 2 is 1.58 bits per heavy atom. The summed E-state index contributed by atoms with van der Waals surface area (Å²) in [4.78, 5) is 15.6. The molecule has 138 valence electrons. The summed E-state index contributed by atoms with van der Waals surface area (Å²) in [5.41, 5.74) is 3.12. The predicted octanol–water partition coefficient (Wildman–Crippen LogP) is 3.40. The van der Waals surface area contributed by atoms with Gasteiger partial charge in [-0.05, 0) is 48.9 Å². The molecule has 0 radical (unpaired) electrons. The summed E-state index contributed by atoms with van der Waals surface area (Å²) in [7, 11) is 3.32. The summed E-state index contributed by atoms with van der Waals surface area (Å²) in [6.45, 7) is 6.15. The van der Waals surface area contributed by atoms with Gasteiger partial charge in [-0.2, -0.15) is 0 Å². The van der Waals surface area contributed by atoms with E-state index in [2.05, 4.69) is 28.9 Å². The number of carbonyl (C=O) groups is 1. The molecule has 0 aromatic heterocycles. The summed E-state index contributed by atoms with van der Waals surface area (Å²) in [5.74, 6) is 1.53. The van der Waals surface area contributed by atoms with E-state index in [9.17, 15) is 4.79 Å². The number of methoxy groups -OCH3 is 2. The van der Waals surface area contributed by atoms with Crippen LogP contribution in [-0.2, 0) is 0 Å². The van der Waals surface area contributed by atoms with Crippen LogP contribution in [0.25, 0.3) is 0 Å². The van der Waals surface area contributed by atoms with E-state index in [-0.39, 0.29) is 0 Å². The summed E-state index contributed by atoms with van der Waals surface area (Å²) in [6.07, 6.45) is 0.881. The van der Waals surface area contributed by atoms with Gasteiger partial charge in [0.25, 0.3) is 0 Å². The second kappa shape index (κ2) is 8.23. The Balaban J connectivity index is 1.64. The van der Waals surface area contributed by atoms with E-state index >= 15 is 0 Å². The molecule has 1 atom stereocenters. The summed E-state index contributed by atoms with van der Waals surface area (Å²) < 4.78 is 10.8. The predicted molar refractivity (Wildman–Crippen MR) is 104 cm³/mol. The Labute approximate surface area is 155 Å². The number of nitrogens with zero attached hydrogens (tertiary/aromatic N) is 2. The van der Waals surface area contributed by atoms with Crippen molar-refractivity contribution in [2.24, 2.45) is 0 Å². The molecule has 5 heteroatoms. The number of piperazine rings is 1. The highest BCUT2D eigenvalue weighted by Crippen LogP contribution is 2.32. The van der Waals surface area contributed by atoms with Crippen LogP contribution < -0.4 is 14.4 Å². The quantitative estimate of drug-likeness (QED) is 0.744. The molecule has 1 fully saturated rings. The zero-order valence-corrected chi connectivity index (χ0v) is 15.6. The summed E-state index contributed by atoms with van der Waals surface area (Å²) in [5, 5.41) is 0. The van der Waals surface area contributed by atoms with Crippen molar-refractivity contribution in [2.75, 3.05) is 45.3 Å². The topological polar surface area (TPSA) is 42.0 Å². The maximum absolute atomic E-state index is 10.8. The summed E-state index contributed by atoms with van der Waals surface area (Å²) in [6, 6.07) is 14.3. The van der Waals surface area contributed by atoms with Gasteiger partial charge in [0.15, 0.2) is 11.5 Å². The molecular weight excluding hydrogens is 328 g/mol. The minimum Gasteiger partial charge on any atom is -0.493 e. The molecule has 1 unspecified atom stereocenters. The first-order valence-corrected chi connectivity index (χ1v) is 8.92. The van der Waals surface area contributed by atoms with Gasteiger partial charge in [-0.25, -0.2) is 0 Å². The lowest BCUT2D eigenvalue weighted by molar-refractivity contribution is 0.112. The average molecular weight is 354 g/mol. The Bertz CT molecular complexity index is 737. The second-order valence-electron chi connectivity index (χ2n) is 6.52. The van der Waals surface area contributed by atoms with Crippen LogP contribution in [0, 0.1) is 0 Å². The first kappa shape index (κ1) is 18.3. The Morgan fingerprint density at radius 1 is 0.923 bits per heavy atom. The Kier molecular flexibility index (Phi) is 5.78. The largest absolute Gasteiger partial charge is 0.493 e. The first-order chi connectivity index (χ1) is 12.7.